The van der Waals surface area contributed by atoms with Gasteiger partial charge in [0, 0.05) is 11.5 Å². The Hall–Kier alpha value is -2.95. The van der Waals surface area contributed by atoms with E-state index in [1.165, 1.54) is 12.1 Å². The van der Waals surface area contributed by atoms with Gasteiger partial charge in [-0.25, -0.2) is 9.37 Å². The third-order valence-electron chi connectivity index (χ3n) is 4.45. The summed E-state index contributed by atoms with van der Waals surface area (Å²) in [6.45, 7) is 4.46. The lowest BCUT2D eigenvalue weighted by atomic mass is 10.1. The maximum atomic E-state index is 13.3. The lowest BCUT2D eigenvalue weighted by Gasteiger charge is -2.14. The molecule has 1 unspecified atom stereocenters. The summed E-state index contributed by atoms with van der Waals surface area (Å²) in [5, 5.41) is 3.01. The summed E-state index contributed by atoms with van der Waals surface area (Å²) in [6.07, 6.45) is 2.46. The van der Waals surface area contributed by atoms with Gasteiger partial charge in [-0.1, -0.05) is 44.2 Å². The Labute approximate surface area is 152 Å². The topological polar surface area (TPSA) is 46.9 Å². The van der Waals surface area contributed by atoms with Crippen molar-refractivity contribution in [3.8, 4) is 11.3 Å². The number of nitrogens with one attached hydrogen (secondary N) is 1. The molecule has 5 heteroatoms. The fraction of sp³-hybridized carbons (Fsp3) is 0.238. The maximum absolute atomic E-state index is 13.3. The lowest BCUT2D eigenvalue weighted by Crippen LogP contribution is -2.22. The summed E-state index contributed by atoms with van der Waals surface area (Å²) in [4.78, 5) is 16.9. The predicted octanol–water partition coefficient (Wildman–Crippen LogP) is 4.72. The summed E-state index contributed by atoms with van der Waals surface area (Å²) < 4.78 is 15.2. The maximum Gasteiger partial charge on any atom is 0.228 e. The molecule has 134 valence electrons. The van der Waals surface area contributed by atoms with Gasteiger partial charge in [0.15, 0.2) is 0 Å². The number of rotatable bonds is 6. The minimum Gasteiger partial charge on any atom is -0.312 e. The summed E-state index contributed by atoms with van der Waals surface area (Å²) in [7, 11) is 0. The largest absolute Gasteiger partial charge is 0.312 e. The molecule has 0 radical (unpaired) electrons. The Morgan fingerprint density at radius 1 is 1.15 bits per heavy atom. The first-order chi connectivity index (χ1) is 12.6. The van der Waals surface area contributed by atoms with Gasteiger partial charge in [0.25, 0.3) is 0 Å². The van der Waals surface area contributed by atoms with Gasteiger partial charge in [-0.15, -0.1) is 0 Å². The standard InChI is InChI=1S/C21H22FN3O/c1-3-15(2)21(26)24-20-19(17-9-11-18(22)12-10-17)23-14-25(20)13-16-7-5-4-6-8-16/h4-12,14-15H,3,13H2,1-2H3,(H,24,26). The Kier molecular flexibility index (Phi) is 5.46. The zero-order chi connectivity index (χ0) is 18.5. The number of amides is 1. The molecule has 1 aromatic heterocycles. The second-order valence-corrected chi connectivity index (χ2v) is 6.36. The van der Waals surface area contributed by atoms with E-state index in [9.17, 15) is 9.18 Å². The highest BCUT2D eigenvalue weighted by molar-refractivity contribution is 5.94. The van der Waals surface area contributed by atoms with Gasteiger partial charge in [0.2, 0.25) is 5.91 Å². The van der Waals surface area contributed by atoms with Crippen molar-refractivity contribution < 1.29 is 9.18 Å². The first kappa shape index (κ1) is 17.9. The average Bonchev–Trinajstić information content (AvgIpc) is 3.04. The van der Waals surface area contributed by atoms with Crippen LogP contribution in [0.25, 0.3) is 11.3 Å². The van der Waals surface area contributed by atoms with Gasteiger partial charge in [0.05, 0.1) is 12.9 Å². The van der Waals surface area contributed by atoms with E-state index in [1.807, 2.05) is 48.7 Å². The van der Waals surface area contributed by atoms with Crippen LogP contribution in [-0.4, -0.2) is 15.5 Å². The van der Waals surface area contributed by atoms with Crippen molar-refractivity contribution in [3.63, 3.8) is 0 Å². The van der Waals surface area contributed by atoms with Crippen molar-refractivity contribution in [2.75, 3.05) is 5.32 Å². The van der Waals surface area contributed by atoms with E-state index in [-0.39, 0.29) is 17.6 Å². The van der Waals surface area contributed by atoms with Gasteiger partial charge >= 0.3 is 0 Å². The molecule has 3 rings (SSSR count). The molecule has 3 aromatic rings. The first-order valence-electron chi connectivity index (χ1n) is 8.74. The van der Waals surface area contributed by atoms with Crippen molar-refractivity contribution in [3.05, 3.63) is 72.3 Å². The molecule has 26 heavy (non-hydrogen) atoms. The Morgan fingerprint density at radius 2 is 1.85 bits per heavy atom. The highest BCUT2D eigenvalue weighted by atomic mass is 19.1. The van der Waals surface area contributed by atoms with Crippen LogP contribution in [0.15, 0.2) is 60.9 Å². The van der Waals surface area contributed by atoms with E-state index < -0.39 is 0 Å². The normalized spacial score (nSPS) is 12.0. The van der Waals surface area contributed by atoms with Gasteiger partial charge < -0.3 is 9.88 Å². The molecule has 4 nitrogen and oxygen atoms in total. The van der Waals surface area contributed by atoms with Crippen molar-refractivity contribution in [1.82, 2.24) is 9.55 Å². The highest BCUT2D eigenvalue weighted by Crippen LogP contribution is 2.28. The third kappa shape index (κ3) is 3.99. The fourth-order valence-corrected chi connectivity index (χ4v) is 2.66. The molecule has 0 saturated heterocycles. The van der Waals surface area contributed by atoms with E-state index in [0.29, 0.717) is 18.1 Å². The van der Waals surface area contributed by atoms with Crippen LogP contribution in [0.2, 0.25) is 0 Å². The first-order valence-corrected chi connectivity index (χ1v) is 8.74. The molecule has 2 aromatic carbocycles. The minimum atomic E-state index is -0.303. The summed E-state index contributed by atoms with van der Waals surface area (Å²) >= 11 is 0. The predicted molar refractivity (Wildman–Crippen MR) is 101 cm³/mol. The van der Waals surface area contributed by atoms with Crippen LogP contribution < -0.4 is 5.32 Å². The van der Waals surface area contributed by atoms with Crippen LogP contribution in [0.5, 0.6) is 0 Å². The number of hydrogen-bond donors (Lipinski definition) is 1. The summed E-state index contributed by atoms with van der Waals surface area (Å²) in [6, 6.07) is 16.1. The number of hydrogen-bond acceptors (Lipinski definition) is 2. The van der Waals surface area contributed by atoms with E-state index in [4.69, 9.17) is 0 Å². The monoisotopic (exact) mass is 351 g/mol. The van der Waals surface area contributed by atoms with Crippen molar-refractivity contribution in [2.24, 2.45) is 5.92 Å². The summed E-state index contributed by atoms with van der Waals surface area (Å²) in [5.41, 5.74) is 2.50. The third-order valence-corrected chi connectivity index (χ3v) is 4.45. The van der Waals surface area contributed by atoms with Gasteiger partial charge in [0.1, 0.15) is 17.3 Å². The molecule has 0 aliphatic carbocycles. The molecular formula is C21H22FN3O. The molecule has 0 fully saturated rings. The van der Waals surface area contributed by atoms with Crippen molar-refractivity contribution >= 4 is 11.7 Å². The van der Waals surface area contributed by atoms with Crippen LogP contribution in [0, 0.1) is 11.7 Å². The smallest absolute Gasteiger partial charge is 0.228 e. The molecule has 0 aliphatic rings. The molecule has 0 bridgehead atoms. The number of aromatic nitrogens is 2. The van der Waals surface area contributed by atoms with Crippen molar-refractivity contribution in [1.29, 1.82) is 0 Å². The van der Waals surface area contributed by atoms with E-state index in [2.05, 4.69) is 10.3 Å². The SMILES string of the molecule is CCC(C)C(=O)Nc1c(-c2ccc(F)cc2)ncn1Cc1ccccc1. The summed E-state index contributed by atoms with van der Waals surface area (Å²) in [5.74, 6) is 0.176. The van der Waals surface area contributed by atoms with Crippen LogP contribution in [0.4, 0.5) is 10.2 Å². The van der Waals surface area contributed by atoms with E-state index >= 15 is 0 Å². The lowest BCUT2D eigenvalue weighted by molar-refractivity contribution is -0.119. The molecule has 1 atom stereocenters. The molecule has 1 N–H and O–H groups in total. The zero-order valence-electron chi connectivity index (χ0n) is 14.9. The molecule has 0 aliphatic heterocycles. The minimum absolute atomic E-state index is 0.0503. The highest BCUT2D eigenvalue weighted by Gasteiger charge is 2.18. The van der Waals surface area contributed by atoms with E-state index in [0.717, 1.165) is 17.5 Å². The Balaban J connectivity index is 1.98. The van der Waals surface area contributed by atoms with Crippen molar-refractivity contribution in [2.45, 2.75) is 26.8 Å². The Bertz CT molecular complexity index is 872. The Morgan fingerprint density at radius 3 is 2.50 bits per heavy atom. The second-order valence-electron chi connectivity index (χ2n) is 6.36. The van der Waals surface area contributed by atoms with E-state index in [1.54, 1.807) is 18.5 Å². The number of halogens is 1. The average molecular weight is 351 g/mol. The van der Waals surface area contributed by atoms with Gasteiger partial charge in [-0.05, 0) is 36.2 Å². The number of benzene rings is 2. The molecule has 1 heterocycles. The number of nitrogens with zero attached hydrogens (tertiary/aromatic N) is 2. The zero-order valence-corrected chi connectivity index (χ0v) is 14.9. The number of carbonyl (C=O) groups excluding carboxylic acids is 1. The fourth-order valence-electron chi connectivity index (χ4n) is 2.66. The van der Waals surface area contributed by atoms with Crippen LogP contribution >= 0.6 is 0 Å². The van der Waals surface area contributed by atoms with Crippen LogP contribution in [-0.2, 0) is 11.3 Å². The molecular weight excluding hydrogens is 329 g/mol. The molecule has 0 saturated carbocycles. The quantitative estimate of drug-likeness (QED) is 0.698. The van der Waals surface area contributed by atoms with Gasteiger partial charge in [-0.3, -0.25) is 4.79 Å². The number of imidazole rings is 1. The second kappa shape index (κ2) is 7.95. The number of anilines is 1. The molecule has 0 spiro atoms. The number of carbonyl (C=O) groups is 1. The van der Waals surface area contributed by atoms with Gasteiger partial charge in [-0.2, -0.15) is 0 Å². The molecule has 1 amide bonds. The van der Waals surface area contributed by atoms with Crippen LogP contribution in [0.1, 0.15) is 25.8 Å². The van der Waals surface area contributed by atoms with Crippen LogP contribution in [0.3, 0.4) is 0 Å².